The molecule has 3 aromatic carbocycles. The molecule has 0 aliphatic carbocycles. The minimum absolute atomic E-state index is 0.428. The maximum atomic E-state index is 5.83. The molecule has 0 aliphatic heterocycles. The summed E-state index contributed by atoms with van der Waals surface area (Å²) in [5.74, 6) is 2.50. The lowest BCUT2D eigenvalue weighted by Crippen LogP contribution is -2.09. The zero-order valence-corrected chi connectivity index (χ0v) is 22.4. The second kappa shape index (κ2) is 11.6. The summed E-state index contributed by atoms with van der Waals surface area (Å²) < 4.78 is 11.5. The lowest BCUT2D eigenvalue weighted by molar-refractivity contribution is 0.353. The minimum Gasteiger partial charge on any atom is -0.493 e. The molecule has 0 aliphatic rings. The topological polar surface area (TPSA) is 18.5 Å². The van der Waals surface area contributed by atoms with Crippen LogP contribution >= 0.6 is 0 Å². The number of hydrogen-bond donors (Lipinski definition) is 0. The maximum absolute atomic E-state index is 5.83. The van der Waals surface area contributed by atoms with Gasteiger partial charge < -0.3 is 9.47 Å². The van der Waals surface area contributed by atoms with Crippen molar-refractivity contribution in [2.24, 2.45) is 0 Å². The van der Waals surface area contributed by atoms with Gasteiger partial charge in [-0.25, -0.2) is 0 Å². The molecular formula is C32H42O2. The van der Waals surface area contributed by atoms with Crippen LogP contribution in [0.3, 0.4) is 0 Å². The standard InChI is InChI=1S/C32H42O2/c1-9-15-25-20-27(21(4)10-2)31(26-18-19-28(33-7)32(34-8)23(26)6)29(22(5)11-3)30(25)24-16-13-12-14-17-24/h12-14,16-22H,9-11,15H2,1-8H3. The van der Waals surface area contributed by atoms with E-state index in [2.05, 4.69) is 90.1 Å². The molecule has 0 fully saturated rings. The van der Waals surface area contributed by atoms with Gasteiger partial charge in [0.25, 0.3) is 0 Å². The minimum atomic E-state index is 0.428. The van der Waals surface area contributed by atoms with Crippen molar-refractivity contribution in [2.45, 2.75) is 79.1 Å². The fraction of sp³-hybridized carbons (Fsp3) is 0.438. The number of benzene rings is 3. The Kier molecular flexibility index (Phi) is 8.83. The highest BCUT2D eigenvalue weighted by molar-refractivity contribution is 5.86. The van der Waals surface area contributed by atoms with Gasteiger partial charge >= 0.3 is 0 Å². The van der Waals surface area contributed by atoms with E-state index >= 15 is 0 Å². The average molecular weight is 459 g/mol. The number of hydrogen-bond acceptors (Lipinski definition) is 2. The van der Waals surface area contributed by atoms with Crippen LogP contribution in [0.1, 0.15) is 88.0 Å². The first-order valence-electron chi connectivity index (χ1n) is 12.9. The molecule has 182 valence electrons. The fourth-order valence-electron chi connectivity index (χ4n) is 5.16. The van der Waals surface area contributed by atoms with Crippen LogP contribution < -0.4 is 9.47 Å². The average Bonchev–Trinajstić information content (AvgIpc) is 2.87. The summed E-state index contributed by atoms with van der Waals surface area (Å²) in [5, 5.41) is 0. The van der Waals surface area contributed by atoms with E-state index in [4.69, 9.17) is 9.47 Å². The molecule has 0 amide bonds. The Balaban J connectivity index is 2.54. The van der Waals surface area contributed by atoms with E-state index in [9.17, 15) is 0 Å². The van der Waals surface area contributed by atoms with Gasteiger partial charge in [-0.2, -0.15) is 0 Å². The molecule has 0 aromatic heterocycles. The Labute approximate surface area is 207 Å². The van der Waals surface area contributed by atoms with E-state index < -0.39 is 0 Å². The van der Waals surface area contributed by atoms with Crippen LogP contribution in [0, 0.1) is 6.92 Å². The van der Waals surface area contributed by atoms with Gasteiger partial charge in [0.1, 0.15) is 0 Å². The highest BCUT2D eigenvalue weighted by Crippen LogP contribution is 2.48. The normalized spacial score (nSPS) is 12.9. The SMILES string of the molecule is CCCc1cc(C(C)CC)c(-c2ccc(OC)c(OC)c2C)c(C(C)CC)c1-c1ccccc1. The van der Waals surface area contributed by atoms with E-state index in [1.54, 1.807) is 14.2 Å². The maximum Gasteiger partial charge on any atom is 0.164 e. The Morgan fingerprint density at radius 3 is 2.03 bits per heavy atom. The second-order valence-corrected chi connectivity index (χ2v) is 9.50. The third-order valence-corrected chi connectivity index (χ3v) is 7.37. The highest BCUT2D eigenvalue weighted by Gasteiger charge is 2.27. The van der Waals surface area contributed by atoms with Crippen molar-refractivity contribution < 1.29 is 9.47 Å². The van der Waals surface area contributed by atoms with Gasteiger partial charge in [-0.15, -0.1) is 0 Å². The summed E-state index contributed by atoms with van der Waals surface area (Å²) in [6, 6.07) is 17.8. The van der Waals surface area contributed by atoms with Crippen molar-refractivity contribution in [1.29, 1.82) is 0 Å². The highest BCUT2D eigenvalue weighted by atomic mass is 16.5. The summed E-state index contributed by atoms with van der Waals surface area (Å²) in [6.07, 6.45) is 4.42. The zero-order chi connectivity index (χ0) is 24.8. The molecule has 0 bridgehead atoms. The largest absolute Gasteiger partial charge is 0.493 e. The smallest absolute Gasteiger partial charge is 0.164 e. The van der Waals surface area contributed by atoms with Gasteiger partial charge in [-0.1, -0.05) is 83.5 Å². The van der Waals surface area contributed by atoms with Gasteiger partial charge in [0.15, 0.2) is 11.5 Å². The lowest BCUT2D eigenvalue weighted by atomic mass is 9.75. The molecule has 2 nitrogen and oxygen atoms in total. The summed E-state index contributed by atoms with van der Waals surface area (Å²) in [7, 11) is 3.44. The third kappa shape index (κ3) is 4.87. The van der Waals surface area contributed by atoms with Gasteiger partial charge in [-0.3, -0.25) is 0 Å². The first-order valence-corrected chi connectivity index (χ1v) is 12.9. The Hall–Kier alpha value is -2.74. The first kappa shape index (κ1) is 25.9. The van der Waals surface area contributed by atoms with E-state index in [1.807, 2.05) is 0 Å². The predicted octanol–water partition coefficient (Wildman–Crippen LogP) is 9.33. The van der Waals surface area contributed by atoms with E-state index in [-0.39, 0.29) is 0 Å². The molecule has 0 heterocycles. The molecule has 0 saturated carbocycles. The third-order valence-electron chi connectivity index (χ3n) is 7.37. The summed E-state index contributed by atoms with van der Waals surface area (Å²) in [5.41, 5.74) is 10.9. The first-order chi connectivity index (χ1) is 16.4. The quantitative estimate of drug-likeness (QED) is 0.301. The summed E-state index contributed by atoms with van der Waals surface area (Å²) >= 11 is 0. The predicted molar refractivity (Wildman–Crippen MR) is 147 cm³/mol. The molecule has 2 heteroatoms. The number of rotatable bonds is 10. The molecule has 0 radical (unpaired) electrons. The van der Waals surface area contributed by atoms with Crippen LogP contribution in [-0.2, 0) is 6.42 Å². The Morgan fingerprint density at radius 1 is 0.794 bits per heavy atom. The van der Waals surface area contributed by atoms with Gasteiger partial charge in [0.05, 0.1) is 14.2 Å². The van der Waals surface area contributed by atoms with Crippen LogP contribution in [0.25, 0.3) is 22.3 Å². The van der Waals surface area contributed by atoms with Crippen LogP contribution in [0.5, 0.6) is 11.5 Å². The molecule has 0 N–H and O–H groups in total. The van der Waals surface area contributed by atoms with Gasteiger partial charge in [0.2, 0.25) is 0 Å². The van der Waals surface area contributed by atoms with E-state index in [0.717, 1.165) is 42.7 Å². The molecular weight excluding hydrogens is 416 g/mol. The number of methoxy groups -OCH3 is 2. The van der Waals surface area contributed by atoms with Crippen molar-refractivity contribution in [1.82, 2.24) is 0 Å². The Morgan fingerprint density at radius 2 is 1.47 bits per heavy atom. The monoisotopic (exact) mass is 458 g/mol. The summed E-state index contributed by atoms with van der Waals surface area (Å²) in [6.45, 7) is 13.8. The molecule has 2 unspecified atom stereocenters. The zero-order valence-electron chi connectivity index (χ0n) is 22.4. The van der Waals surface area contributed by atoms with Crippen molar-refractivity contribution >= 4 is 0 Å². The molecule has 0 spiro atoms. The van der Waals surface area contributed by atoms with Crippen molar-refractivity contribution in [3.8, 4) is 33.8 Å². The molecule has 3 rings (SSSR count). The Bertz CT molecular complexity index is 1100. The molecule has 34 heavy (non-hydrogen) atoms. The fourth-order valence-corrected chi connectivity index (χ4v) is 5.16. The van der Waals surface area contributed by atoms with Crippen LogP contribution in [0.2, 0.25) is 0 Å². The summed E-state index contributed by atoms with van der Waals surface area (Å²) in [4.78, 5) is 0. The van der Waals surface area contributed by atoms with Gasteiger partial charge in [-0.05, 0) is 83.0 Å². The van der Waals surface area contributed by atoms with Gasteiger partial charge in [0, 0.05) is 5.56 Å². The van der Waals surface area contributed by atoms with Crippen molar-refractivity contribution in [3.05, 3.63) is 70.8 Å². The van der Waals surface area contributed by atoms with Crippen LogP contribution in [0.4, 0.5) is 0 Å². The second-order valence-electron chi connectivity index (χ2n) is 9.50. The van der Waals surface area contributed by atoms with Crippen LogP contribution in [0.15, 0.2) is 48.5 Å². The van der Waals surface area contributed by atoms with E-state index in [0.29, 0.717) is 11.8 Å². The molecule has 3 aromatic rings. The molecule has 0 saturated heterocycles. The number of aryl methyl sites for hydroxylation is 1. The molecule has 2 atom stereocenters. The van der Waals surface area contributed by atoms with Crippen molar-refractivity contribution in [3.63, 3.8) is 0 Å². The van der Waals surface area contributed by atoms with Crippen molar-refractivity contribution in [2.75, 3.05) is 14.2 Å². The van der Waals surface area contributed by atoms with E-state index in [1.165, 1.54) is 38.9 Å². The number of ether oxygens (including phenoxy) is 2. The van der Waals surface area contributed by atoms with Crippen LogP contribution in [-0.4, -0.2) is 14.2 Å². The lowest BCUT2D eigenvalue weighted by Gasteiger charge is -2.29.